The van der Waals surface area contributed by atoms with Gasteiger partial charge in [0, 0.05) is 6.04 Å². The predicted molar refractivity (Wildman–Crippen MR) is 80.8 cm³/mol. The van der Waals surface area contributed by atoms with E-state index in [1.807, 2.05) is 0 Å². The summed E-state index contributed by atoms with van der Waals surface area (Å²) in [6.07, 6.45) is 7.84. The molecule has 0 aliphatic heterocycles. The average molecular weight is 257 g/mol. The molecule has 0 rings (SSSR count). The van der Waals surface area contributed by atoms with Crippen molar-refractivity contribution in [3.05, 3.63) is 0 Å². The zero-order chi connectivity index (χ0) is 14.2. The van der Waals surface area contributed by atoms with E-state index in [9.17, 15) is 0 Å². The van der Waals surface area contributed by atoms with Gasteiger partial charge in [-0.1, -0.05) is 60.3 Å². The zero-order valence-corrected chi connectivity index (χ0v) is 13.5. The van der Waals surface area contributed by atoms with Crippen molar-refractivity contribution < 1.29 is 4.74 Å². The first-order chi connectivity index (χ1) is 8.32. The SMILES string of the molecule is CCCCCCC(C)OC(C(N)CC)C(C)(C)C. The van der Waals surface area contributed by atoms with Crippen molar-refractivity contribution in [3.63, 3.8) is 0 Å². The summed E-state index contributed by atoms with van der Waals surface area (Å²) in [5.74, 6) is 0. The molecule has 2 N–H and O–H groups in total. The molecule has 18 heavy (non-hydrogen) atoms. The van der Waals surface area contributed by atoms with Crippen LogP contribution in [0.25, 0.3) is 0 Å². The molecule has 0 saturated carbocycles. The Bertz CT molecular complexity index is 198. The third-order valence-corrected chi connectivity index (χ3v) is 3.56. The molecule has 0 aromatic carbocycles. The Morgan fingerprint density at radius 2 is 1.67 bits per heavy atom. The molecule has 0 aromatic rings. The summed E-state index contributed by atoms with van der Waals surface area (Å²) in [4.78, 5) is 0. The van der Waals surface area contributed by atoms with Crippen LogP contribution in [0.15, 0.2) is 0 Å². The molecule has 0 aliphatic rings. The largest absolute Gasteiger partial charge is 0.373 e. The summed E-state index contributed by atoms with van der Waals surface area (Å²) >= 11 is 0. The van der Waals surface area contributed by atoms with Crippen LogP contribution in [0, 0.1) is 5.41 Å². The Morgan fingerprint density at radius 3 is 2.11 bits per heavy atom. The maximum absolute atomic E-state index is 6.22. The highest BCUT2D eigenvalue weighted by molar-refractivity contribution is 4.84. The standard InChI is InChI=1S/C16H35NO/c1-7-9-10-11-12-13(3)18-15(14(17)8-2)16(4,5)6/h13-15H,7-12,17H2,1-6H3. The van der Waals surface area contributed by atoms with E-state index >= 15 is 0 Å². The highest BCUT2D eigenvalue weighted by atomic mass is 16.5. The van der Waals surface area contributed by atoms with Gasteiger partial charge in [0.2, 0.25) is 0 Å². The fourth-order valence-corrected chi connectivity index (χ4v) is 2.34. The summed E-state index contributed by atoms with van der Waals surface area (Å²) in [5, 5.41) is 0. The van der Waals surface area contributed by atoms with Crippen LogP contribution in [-0.4, -0.2) is 18.2 Å². The second-order valence-corrected chi connectivity index (χ2v) is 6.65. The van der Waals surface area contributed by atoms with Crippen LogP contribution >= 0.6 is 0 Å². The van der Waals surface area contributed by atoms with Crippen molar-refractivity contribution in [1.29, 1.82) is 0 Å². The lowest BCUT2D eigenvalue weighted by molar-refractivity contribution is -0.0754. The Morgan fingerprint density at radius 1 is 1.06 bits per heavy atom. The highest BCUT2D eigenvalue weighted by Crippen LogP contribution is 2.27. The lowest BCUT2D eigenvalue weighted by Crippen LogP contribution is -2.46. The average Bonchev–Trinajstić information content (AvgIpc) is 2.29. The normalized spacial score (nSPS) is 17.5. The molecule has 110 valence electrons. The minimum atomic E-state index is 0.118. The van der Waals surface area contributed by atoms with E-state index in [0.29, 0.717) is 6.10 Å². The Balaban J connectivity index is 4.15. The second kappa shape index (κ2) is 8.92. The van der Waals surface area contributed by atoms with Gasteiger partial charge in [0.25, 0.3) is 0 Å². The Labute approximate surface area is 115 Å². The van der Waals surface area contributed by atoms with Crippen molar-refractivity contribution in [2.24, 2.45) is 11.1 Å². The van der Waals surface area contributed by atoms with E-state index in [1.165, 1.54) is 25.7 Å². The van der Waals surface area contributed by atoms with Crippen molar-refractivity contribution in [3.8, 4) is 0 Å². The molecule has 3 atom stereocenters. The Kier molecular flexibility index (Phi) is 8.89. The van der Waals surface area contributed by atoms with Crippen molar-refractivity contribution in [2.75, 3.05) is 0 Å². The van der Waals surface area contributed by atoms with Gasteiger partial charge in [-0.3, -0.25) is 0 Å². The number of unbranched alkanes of at least 4 members (excludes halogenated alkanes) is 3. The van der Waals surface area contributed by atoms with Crippen LogP contribution in [0.5, 0.6) is 0 Å². The fourth-order valence-electron chi connectivity index (χ4n) is 2.34. The van der Waals surface area contributed by atoms with E-state index in [0.717, 1.165) is 12.8 Å². The van der Waals surface area contributed by atoms with Crippen LogP contribution in [0.3, 0.4) is 0 Å². The molecule has 0 heterocycles. The van der Waals surface area contributed by atoms with Crippen LogP contribution in [0.2, 0.25) is 0 Å². The monoisotopic (exact) mass is 257 g/mol. The van der Waals surface area contributed by atoms with Gasteiger partial charge in [0.05, 0.1) is 12.2 Å². The summed E-state index contributed by atoms with van der Waals surface area (Å²) in [7, 11) is 0. The molecule has 0 amide bonds. The molecular formula is C16H35NO. The maximum atomic E-state index is 6.22. The minimum absolute atomic E-state index is 0.118. The number of nitrogens with two attached hydrogens (primary N) is 1. The highest BCUT2D eigenvalue weighted by Gasteiger charge is 2.31. The molecular weight excluding hydrogens is 222 g/mol. The predicted octanol–water partition coefficient (Wildman–Crippen LogP) is 4.51. The first kappa shape index (κ1) is 17.9. The molecule has 3 unspecified atom stereocenters. The van der Waals surface area contributed by atoms with Gasteiger partial charge in [-0.05, 0) is 25.2 Å². The van der Waals surface area contributed by atoms with Gasteiger partial charge in [-0.25, -0.2) is 0 Å². The molecule has 0 aliphatic carbocycles. The van der Waals surface area contributed by atoms with E-state index in [2.05, 4.69) is 41.5 Å². The molecule has 0 bridgehead atoms. The van der Waals surface area contributed by atoms with Gasteiger partial charge in [0.1, 0.15) is 0 Å². The molecule has 2 nitrogen and oxygen atoms in total. The lowest BCUT2D eigenvalue weighted by atomic mass is 9.83. The van der Waals surface area contributed by atoms with Crippen LogP contribution in [0.1, 0.15) is 80.1 Å². The minimum Gasteiger partial charge on any atom is -0.373 e. The molecule has 0 saturated heterocycles. The summed E-state index contributed by atoms with van der Waals surface area (Å²) < 4.78 is 6.22. The molecule has 0 spiro atoms. The molecule has 0 radical (unpaired) electrons. The van der Waals surface area contributed by atoms with E-state index in [4.69, 9.17) is 10.5 Å². The van der Waals surface area contributed by atoms with Crippen LogP contribution in [0.4, 0.5) is 0 Å². The first-order valence-corrected chi connectivity index (χ1v) is 7.73. The lowest BCUT2D eigenvalue weighted by Gasteiger charge is -2.37. The third-order valence-electron chi connectivity index (χ3n) is 3.56. The first-order valence-electron chi connectivity index (χ1n) is 7.73. The smallest absolute Gasteiger partial charge is 0.0777 e. The van der Waals surface area contributed by atoms with Gasteiger partial charge in [-0.15, -0.1) is 0 Å². The van der Waals surface area contributed by atoms with Crippen molar-refractivity contribution in [2.45, 2.75) is 98.3 Å². The Hall–Kier alpha value is -0.0800. The molecule has 0 aromatic heterocycles. The summed E-state index contributed by atoms with van der Waals surface area (Å²) in [6, 6.07) is 0.142. The zero-order valence-electron chi connectivity index (χ0n) is 13.5. The number of hydrogen-bond acceptors (Lipinski definition) is 2. The van der Waals surface area contributed by atoms with Crippen molar-refractivity contribution >= 4 is 0 Å². The van der Waals surface area contributed by atoms with Crippen molar-refractivity contribution in [1.82, 2.24) is 0 Å². The van der Waals surface area contributed by atoms with Gasteiger partial charge < -0.3 is 10.5 Å². The number of hydrogen-bond donors (Lipinski definition) is 1. The quantitative estimate of drug-likeness (QED) is 0.617. The third kappa shape index (κ3) is 7.38. The maximum Gasteiger partial charge on any atom is 0.0777 e. The van der Waals surface area contributed by atoms with E-state index in [1.54, 1.807) is 0 Å². The number of ether oxygens (including phenoxy) is 1. The van der Waals surface area contributed by atoms with Crippen LogP contribution < -0.4 is 5.73 Å². The van der Waals surface area contributed by atoms with E-state index in [-0.39, 0.29) is 17.6 Å². The number of rotatable bonds is 9. The van der Waals surface area contributed by atoms with E-state index < -0.39 is 0 Å². The molecule has 2 heteroatoms. The summed E-state index contributed by atoms with van der Waals surface area (Å²) in [6.45, 7) is 13.2. The topological polar surface area (TPSA) is 35.2 Å². The molecule has 0 fully saturated rings. The van der Waals surface area contributed by atoms with Gasteiger partial charge in [0.15, 0.2) is 0 Å². The fraction of sp³-hybridized carbons (Fsp3) is 1.00. The second-order valence-electron chi connectivity index (χ2n) is 6.65. The summed E-state index contributed by atoms with van der Waals surface area (Å²) in [5.41, 5.74) is 6.32. The van der Waals surface area contributed by atoms with Gasteiger partial charge >= 0.3 is 0 Å². The van der Waals surface area contributed by atoms with Gasteiger partial charge in [-0.2, -0.15) is 0 Å². The van der Waals surface area contributed by atoms with Crippen LogP contribution in [-0.2, 0) is 4.74 Å².